The summed E-state index contributed by atoms with van der Waals surface area (Å²) in [6.45, 7) is 8.00. The molecule has 0 saturated carbocycles. The topological polar surface area (TPSA) is 76.0 Å². The second kappa shape index (κ2) is 6.52. The lowest BCUT2D eigenvalue weighted by atomic mass is 9.86. The van der Waals surface area contributed by atoms with E-state index in [1.165, 1.54) is 0 Å². The number of rotatable bonds is 3. The first-order valence-corrected chi connectivity index (χ1v) is 9.08. The fourth-order valence-corrected chi connectivity index (χ4v) is 3.91. The Balaban J connectivity index is 1.88. The molecule has 1 aromatic carbocycles. The summed E-state index contributed by atoms with van der Waals surface area (Å²) in [5.74, 6) is 0.871. The number of ether oxygens (including phenoxy) is 2. The number of phenolic OH excluding ortho intramolecular Hbond substituents is 1. The number of fused-ring (bicyclic) bond motifs is 1. The molecule has 0 amide bonds. The Bertz CT molecular complexity index is 692. The Morgan fingerprint density at radius 2 is 1.96 bits per heavy atom. The molecule has 0 bridgehead atoms. The number of benzene rings is 1. The van der Waals surface area contributed by atoms with Crippen LogP contribution in [0.1, 0.15) is 61.8 Å². The third-order valence-corrected chi connectivity index (χ3v) is 5.47. The lowest BCUT2D eigenvalue weighted by Gasteiger charge is -2.36. The molecular formula is C20H28O5. The zero-order valence-corrected chi connectivity index (χ0v) is 15.5. The van der Waals surface area contributed by atoms with Gasteiger partial charge in [-0.25, -0.2) is 0 Å². The predicted octanol–water partition coefficient (Wildman–Crippen LogP) is 3.11. The van der Waals surface area contributed by atoms with Crippen molar-refractivity contribution in [1.82, 2.24) is 0 Å². The van der Waals surface area contributed by atoms with Crippen molar-refractivity contribution in [3.63, 3.8) is 0 Å². The molecule has 5 heteroatoms. The maximum atomic E-state index is 11.5. The normalized spacial score (nSPS) is 25.1. The number of aliphatic hydroxyl groups is 1. The molecule has 25 heavy (non-hydrogen) atoms. The van der Waals surface area contributed by atoms with Crippen LogP contribution in [-0.2, 0) is 22.4 Å². The van der Waals surface area contributed by atoms with E-state index in [-0.39, 0.29) is 24.1 Å². The van der Waals surface area contributed by atoms with Gasteiger partial charge in [-0.15, -0.1) is 0 Å². The van der Waals surface area contributed by atoms with E-state index in [2.05, 4.69) is 13.8 Å². The van der Waals surface area contributed by atoms with E-state index in [4.69, 9.17) is 9.47 Å². The summed E-state index contributed by atoms with van der Waals surface area (Å²) in [4.78, 5) is 11.5. The number of cyclic esters (lactones) is 1. The van der Waals surface area contributed by atoms with Crippen LogP contribution in [0.25, 0.3) is 0 Å². The van der Waals surface area contributed by atoms with Gasteiger partial charge in [-0.3, -0.25) is 4.79 Å². The first-order valence-electron chi connectivity index (χ1n) is 9.08. The van der Waals surface area contributed by atoms with Crippen LogP contribution in [0.2, 0.25) is 0 Å². The van der Waals surface area contributed by atoms with Crippen LogP contribution in [0.15, 0.2) is 0 Å². The number of hydrogen-bond donors (Lipinski definition) is 2. The molecule has 5 nitrogen and oxygen atoms in total. The lowest BCUT2D eigenvalue weighted by Crippen LogP contribution is -2.34. The fourth-order valence-electron chi connectivity index (χ4n) is 3.91. The average molecular weight is 348 g/mol. The van der Waals surface area contributed by atoms with E-state index in [1.54, 1.807) is 0 Å². The van der Waals surface area contributed by atoms with Crippen molar-refractivity contribution in [2.75, 3.05) is 0 Å². The van der Waals surface area contributed by atoms with Crippen molar-refractivity contribution in [2.45, 2.75) is 84.0 Å². The molecule has 138 valence electrons. The van der Waals surface area contributed by atoms with Gasteiger partial charge in [0.1, 0.15) is 23.2 Å². The lowest BCUT2D eigenvalue weighted by molar-refractivity contribution is -0.160. The highest BCUT2D eigenvalue weighted by Gasteiger charge is 2.33. The first-order chi connectivity index (χ1) is 11.7. The summed E-state index contributed by atoms with van der Waals surface area (Å²) in [6, 6.07) is 0. The minimum absolute atomic E-state index is 0.0769. The van der Waals surface area contributed by atoms with Crippen LogP contribution in [0.3, 0.4) is 0 Å². The number of phenols is 1. The Morgan fingerprint density at radius 1 is 1.24 bits per heavy atom. The number of esters is 1. The van der Waals surface area contributed by atoms with E-state index in [0.29, 0.717) is 25.0 Å². The predicted molar refractivity (Wildman–Crippen MR) is 94.1 cm³/mol. The second-order valence-electron chi connectivity index (χ2n) is 7.99. The molecule has 1 fully saturated rings. The van der Waals surface area contributed by atoms with Gasteiger partial charge in [-0.1, -0.05) is 0 Å². The van der Waals surface area contributed by atoms with Crippen LogP contribution in [0.4, 0.5) is 0 Å². The summed E-state index contributed by atoms with van der Waals surface area (Å²) < 4.78 is 11.6. The molecule has 0 unspecified atom stereocenters. The van der Waals surface area contributed by atoms with Crippen LogP contribution in [0.5, 0.6) is 11.5 Å². The second-order valence-corrected chi connectivity index (χ2v) is 7.99. The van der Waals surface area contributed by atoms with Crippen molar-refractivity contribution in [3.8, 4) is 11.5 Å². The van der Waals surface area contributed by atoms with Crippen molar-refractivity contribution in [1.29, 1.82) is 0 Å². The minimum atomic E-state index is -0.622. The molecule has 2 heterocycles. The Hall–Kier alpha value is -1.75. The number of hydrogen-bond acceptors (Lipinski definition) is 5. The molecule has 0 aromatic heterocycles. The minimum Gasteiger partial charge on any atom is -0.507 e. The molecule has 1 saturated heterocycles. The fraction of sp³-hybridized carbons (Fsp3) is 0.650. The van der Waals surface area contributed by atoms with Gasteiger partial charge in [0.15, 0.2) is 0 Å². The van der Waals surface area contributed by atoms with Crippen molar-refractivity contribution < 1.29 is 24.5 Å². The SMILES string of the molecule is Cc1c(O)c(C)c2c(c1CC[C@H]1C[C@H](O)CC(=O)O1)OC(C)(C)CC2. The molecule has 0 radical (unpaired) electrons. The van der Waals surface area contributed by atoms with Crippen LogP contribution in [-0.4, -0.2) is 34.0 Å². The monoisotopic (exact) mass is 348 g/mol. The van der Waals surface area contributed by atoms with Crippen LogP contribution in [0, 0.1) is 13.8 Å². The highest BCUT2D eigenvalue weighted by molar-refractivity contribution is 5.71. The van der Waals surface area contributed by atoms with Gasteiger partial charge in [0, 0.05) is 17.5 Å². The molecule has 2 aliphatic heterocycles. The Labute approximate surface area is 149 Å². The van der Waals surface area contributed by atoms with Gasteiger partial charge in [0.25, 0.3) is 0 Å². The van der Waals surface area contributed by atoms with Gasteiger partial charge in [-0.05, 0) is 64.5 Å². The highest BCUT2D eigenvalue weighted by atomic mass is 16.5. The van der Waals surface area contributed by atoms with Gasteiger partial charge in [-0.2, -0.15) is 0 Å². The van der Waals surface area contributed by atoms with E-state index >= 15 is 0 Å². The largest absolute Gasteiger partial charge is 0.507 e. The Morgan fingerprint density at radius 3 is 2.64 bits per heavy atom. The maximum absolute atomic E-state index is 11.5. The zero-order valence-electron chi connectivity index (χ0n) is 15.5. The van der Waals surface area contributed by atoms with Gasteiger partial charge in [0.05, 0.1) is 12.5 Å². The number of aliphatic hydroxyl groups excluding tert-OH is 1. The van der Waals surface area contributed by atoms with Gasteiger partial charge >= 0.3 is 5.97 Å². The number of carbonyl (C=O) groups is 1. The molecule has 1 aromatic rings. The highest BCUT2D eigenvalue weighted by Crippen LogP contribution is 2.44. The Kier molecular flexibility index (Phi) is 4.71. The summed E-state index contributed by atoms with van der Waals surface area (Å²) in [6.07, 6.45) is 2.69. The van der Waals surface area contributed by atoms with E-state index in [9.17, 15) is 15.0 Å². The van der Waals surface area contributed by atoms with Gasteiger partial charge < -0.3 is 19.7 Å². The van der Waals surface area contributed by atoms with Crippen molar-refractivity contribution >= 4 is 5.97 Å². The third-order valence-electron chi connectivity index (χ3n) is 5.47. The average Bonchev–Trinajstić information content (AvgIpc) is 2.51. The quantitative estimate of drug-likeness (QED) is 0.821. The van der Waals surface area contributed by atoms with E-state index in [0.717, 1.165) is 40.8 Å². The van der Waals surface area contributed by atoms with Crippen molar-refractivity contribution in [3.05, 3.63) is 22.3 Å². The number of aromatic hydroxyl groups is 1. The molecule has 2 N–H and O–H groups in total. The summed E-state index contributed by atoms with van der Waals surface area (Å²) >= 11 is 0. The van der Waals surface area contributed by atoms with E-state index < -0.39 is 6.10 Å². The molecule has 3 rings (SSSR count). The molecular weight excluding hydrogens is 320 g/mol. The van der Waals surface area contributed by atoms with Crippen LogP contribution >= 0.6 is 0 Å². The molecule has 0 aliphatic carbocycles. The van der Waals surface area contributed by atoms with E-state index in [1.807, 2.05) is 13.8 Å². The smallest absolute Gasteiger partial charge is 0.308 e. The first kappa shape index (κ1) is 18.1. The number of carbonyl (C=O) groups excluding carboxylic acids is 1. The summed E-state index contributed by atoms with van der Waals surface area (Å²) in [7, 11) is 0. The molecule has 2 atom stereocenters. The maximum Gasteiger partial charge on any atom is 0.308 e. The summed E-state index contributed by atoms with van der Waals surface area (Å²) in [5.41, 5.74) is 3.56. The third kappa shape index (κ3) is 3.61. The van der Waals surface area contributed by atoms with Crippen LogP contribution < -0.4 is 4.74 Å². The molecule has 2 aliphatic rings. The standard InChI is InChI=1S/C20H28O5/c1-11-15(6-5-14-9-13(21)10-17(22)24-14)19-16(12(2)18(11)23)7-8-20(3,4)25-19/h13-14,21,23H,5-10H2,1-4H3/t13-,14-/m0/s1. The van der Waals surface area contributed by atoms with Gasteiger partial charge in [0.2, 0.25) is 0 Å². The van der Waals surface area contributed by atoms with Crippen molar-refractivity contribution in [2.24, 2.45) is 0 Å². The summed E-state index contributed by atoms with van der Waals surface area (Å²) in [5, 5.41) is 20.3. The molecule has 0 spiro atoms. The zero-order chi connectivity index (χ0) is 18.4.